The summed E-state index contributed by atoms with van der Waals surface area (Å²) in [6.45, 7) is 5.71. The van der Waals surface area contributed by atoms with Crippen molar-refractivity contribution in [2.75, 3.05) is 41.0 Å². The summed E-state index contributed by atoms with van der Waals surface area (Å²) in [5.74, 6) is 2.28. The van der Waals surface area contributed by atoms with Crippen LogP contribution in [0.5, 0.6) is 23.0 Å². The lowest BCUT2D eigenvalue weighted by molar-refractivity contribution is -0.140. The molecule has 0 aliphatic heterocycles. The fourth-order valence-corrected chi connectivity index (χ4v) is 5.28. The monoisotopic (exact) mass is 753 g/mol. The first-order valence-electron chi connectivity index (χ1n) is 17.5. The molecule has 13 nitrogen and oxygen atoms in total. The van der Waals surface area contributed by atoms with E-state index >= 15 is 0 Å². The van der Waals surface area contributed by atoms with Gasteiger partial charge in [-0.25, -0.2) is 9.78 Å². The first kappa shape index (κ1) is 41.4. The predicted octanol–water partition coefficient (Wildman–Crippen LogP) is 7.45. The van der Waals surface area contributed by atoms with Gasteiger partial charge < -0.3 is 38.5 Å². The molecule has 1 heterocycles. The van der Waals surface area contributed by atoms with E-state index in [4.69, 9.17) is 23.4 Å². The molecular formula is C42H47N3O10. The first-order chi connectivity index (χ1) is 26.5. The zero-order chi connectivity index (χ0) is 39.7. The molecule has 13 heteroatoms. The molecule has 0 bridgehead atoms. The quantitative estimate of drug-likeness (QED) is 0.0961. The van der Waals surface area contributed by atoms with Crippen molar-refractivity contribution in [2.24, 2.45) is 0 Å². The van der Waals surface area contributed by atoms with Gasteiger partial charge in [-0.15, -0.1) is 0 Å². The zero-order valence-electron chi connectivity index (χ0n) is 31.8. The van der Waals surface area contributed by atoms with Crippen LogP contribution in [-0.4, -0.2) is 74.0 Å². The summed E-state index contributed by atoms with van der Waals surface area (Å²) in [6.07, 6.45) is -0.197. The van der Waals surface area contributed by atoms with Crippen molar-refractivity contribution in [3.8, 4) is 34.5 Å². The maximum Gasteiger partial charge on any atom is 0.416 e. The molecule has 55 heavy (non-hydrogen) atoms. The standard InChI is InChI=1S/C30H30N2O7.C12H17NO3/c1-20(32(19-28(33)34)30(35)39-26-15-13-24(36-3)14-16-26)22-9-11-25(12-10-22)37-18-17-27-21(2)38-29(31-27)23-7-5-4-6-8-23;1-9(13-8-12(14)16-3)10-4-6-11(15-2)7-5-10/h4-16,20H,17-19H2,1-3H3,(H,33,34);4-7,9,13H,8H2,1-3H3/t20-;9-/m00/s1. The zero-order valence-corrected chi connectivity index (χ0v) is 31.8. The number of carboxylic acid groups (broad SMARTS) is 1. The predicted molar refractivity (Wildman–Crippen MR) is 206 cm³/mol. The third-order valence-corrected chi connectivity index (χ3v) is 8.55. The number of benzene rings is 4. The molecule has 4 aromatic carbocycles. The molecule has 0 fully saturated rings. The maximum atomic E-state index is 12.9. The Balaban J connectivity index is 0.000000352. The normalized spacial score (nSPS) is 11.6. The summed E-state index contributed by atoms with van der Waals surface area (Å²) < 4.78 is 31.8. The number of nitrogens with zero attached hydrogens (tertiary/aromatic N) is 2. The van der Waals surface area contributed by atoms with E-state index in [1.807, 2.05) is 68.4 Å². The Hall–Kier alpha value is -6.34. The molecule has 290 valence electrons. The van der Waals surface area contributed by atoms with E-state index in [1.165, 1.54) is 14.2 Å². The number of esters is 1. The van der Waals surface area contributed by atoms with Crippen molar-refractivity contribution < 1.29 is 47.6 Å². The van der Waals surface area contributed by atoms with E-state index in [0.717, 1.165) is 38.8 Å². The van der Waals surface area contributed by atoms with Crippen LogP contribution in [0.1, 0.15) is 48.5 Å². The molecule has 5 aromatic rings. The second kappa shape index (κ2) is 20.8. The molecule has 0 unspecified atom stereocenters. The average molecular weight is 754 g/mol. The Kier molecular flexibility index (Phi) is 15.6. The van der Waals surface area contributed by atoms with Gasteiger partial charge in [-0.3, -0.25) is 14.5 Å². The number of rotatable bonds is 16. The number of hydrogen-bond donors (Lipinski definition) is 2. The van der Waals surface area contributed by atoms with Crippen LogP contribution >= 0.6 is 0 Å². The highest BCUT2D eigenvalue weighted by Gasteiger charge is 2.26. The number of ether oxygens (including phenoxy) is 5. The second-order valence-corrected chi connectivity index (χ2v) is 12.2. The van der Waals surface area contributed by atoms with E-state index < -0.39 is 24.6 Å². The largest absolute Gasteiger partial charge is 0.497 e. The fraction of sp³-hybridized carbons (Fsp3) is 0.286. The number of aromatic nitrogens is 1. The Morgan fingerprint density at radius 1 is 0.782 bits per heavy atom. The number of carboxylic acids is 1. The number of oxazole rings is 1. The minimum absolute atomic E-state index is 0.102. The van der Waals surface area contributed by atoms with Gasteiger partial charge in [-0.2, -0.15) is 0 Å². The summed E-state index contributed by atoms with van der Waals surface area (Å²) in [5.41, 5.74) is 3.58. The number of nitrogens with one attached hydrogen (secondary N) is 1. The molecule has 0 aliphatic rings. The van der Waals surface area contributed by atoms with Crippen LogP contribution in [0.2, 0.25) is 0 Å². The number of aryl methyl sites for hydroxylation is 1. The number of carbonyl (C=O) groups excluding carboxylic acids is 2. The molecule has 0 radical (unpaired) electrons. The van der Waals surface area contributed by atoms with E-state index in [2.05, 4.69) is 15.0 Å². The molecule has 5 rings (SSSR count). The molecule has 1 aromatic heterocycles. The molecule has 2 atom stereocenters. The van der Waals surface area contributed by atoms with E-state index in [1.54, 1.807) is 62.6 Å². The topological polar surface area (TPSA) is 159 Å². The van der Waals surface area contributed by atoms with Gasteiger partial charge in [0.05, 0.1) is 46.2 Å². The van der Waals surface area contributed by atoms with Crippen molar-refractivity contribution in [3.63, 3.8) is 0 Å². The molecule has 0 saturated heterocycles. The summed E-state index contributed by atoms with van der Waals surface area (Å²) in [5, 5.41) is 12.5. The van der Waals surface area contributed by atoms with Gasteiger partial charge in [-0.1, -0.05) is 42.5 Å². The number of carbonyl (C=O) groups is 3. The second-order valence-electron chi connectivity index (χ2n) is 12.2. The Bertz CT molecular complexity index is 1950. The van der Waals surface area contributed by atoms with Crippen LogP contribution in [0.25, 0.3) is 11.5 Å². The van der Waals surface area contributed by atoms with Gasteiger partial charge in [0.1, 0.15) is 35.3 Å². The van der Waals surface area contributed by atoms with Crippen LogP contribution in [0.3, 0.4) is 0 Å². The highest BCUT2D eigenvalue weighted by atomic mass is 16.6. The van der Waals surface area contributed by atoms with Gasteiger partial charge in [0.2, 0.25) is 5.89 Å². The van der Waals surface area contributed by atoms with Gasteiger partial charge in [0.25, 0.3) is 0 Å². The van der Waals surface area contributed by atoms with Crippen LogP contribution in [0.15, 0.2) is 108 Å². The first-order valence-corrected chi connectivity index (χ1v) is 17.5. The molecule has 0 spiro atoms. The van der Waals surface area contributed by atoms with Crippen molar-refractivity contribution >= 4 is 18.0 Å². The number of aliphatic carboxylic acids is 1. The summed E-state index contributed by atoms with van der Waals surface area (Å²) >= 11 is 0. The number of hydrogen-bond acceptors (Lipinski definition) is 11. The Morgan fingerprint density at radius 2 is 1.35 bits per heavy atom. The van der Waals surface area contributed by atoms with Crippen molar-refractivity contribution in [2.45, 2.75) is 39.3 Å². The summed E-state index contributed by atoms with van der Waals surface area (Å²) in [6, 6.07) is 30.6. The van der Waals surface area contributed by atoms with Gasteiger partial charge in [0.15, 0.2) is 0 Å². The molecule has 2 N–H and O–H groups in total. The van der Waals surface area contributed by atoms with Crippen molar-refractivity contribution in [3.05, 3.63) is 126 Å². The minimum Gasteiger partial charge on any atom is -0.497 e. The Labute approximate surface area is 320 Å². The summed E-state index contributed by atoms with van der Waals surface area (Å²) in [7, 11) is 4.54. The van der Waals surface area contributed by atoms with Gasteiger partial charge >= 0.3 is 18.0 Å². The van der Waals surface area contributed by atoms with E-state index in [9.17, 15) is 19.5 Å². The Morgan fingerprint density at radius 3 is 1.93 bits per heavy atom. The smallest absolute Gasteiger partial charge is 0.416 e. The van der Waals surface area contributed by atoms with Crippen LogP contribution in [0, 0.1) is 6.92 Å². The van der Waals surface area contributed by atoms with Gasteiger partial charge in [0, 0.05) is 18.0 Å². The lowest BCUT2D eigenvalue weighted by atomic mass is 10.1. The molecular weight excluding hydrogens is 706 g/mol. The van der Waals surface area contributed by atoms with Crippen molar-refractivity contribution in [1.82, 2.24) is 15.2 Å². The highest BCUT2D eigenvalue weighted by Crippen LogP contribution is 2.26. The average Bonchev–Trinajstić information content (AvgIpc) is 3.59. The minimum atomic E-state index is -1.15. The SMILES string of the molecule is COC(=O)CN[C@@H](C)c1ccc(OC)cc1.COc1ccc(OC(=O)N(CC(=O)O)[C@@H](C)c2ccc(OCCc3nc(-c4ccccc4)oc3C)cc2)cc1. The summed E-state index contributed by atoms with van der Waals surface area (Å²) in [4.78, 5) is 41.0. The van der Waals surface area contributed by atoms with Crippen LogP contribution < -0.4 is 24.3 Å². The molecule has 1 amide bonds. The lowest BCUT2D eigenvalue weighted by Gasteiger charge is -2.27. The van der Waals surface area contributed by atoms with E-state index in [0.29, 0.717) is 30.4 Å². The maximum absolute atomic E-state index is 12.9. The third kappa shape index (κ3) is 12.6. The number of methoxy groups -OCH3 is 3. The van der Waals surface area contributed by atoms with Gasteiger partial charge in [-0.05, 0) is 92.6 Å². The fourth-order valence-electron chi connectivity index (χ4n) is 5.28. The van der Waals surface area contributed by atoms with Crippen LogP contribution in [-0.2, 0) is 20.7 Å². The molecule has 0 saturated carbocycles. The van der Waals surface area contributed by atoms with Crippen molar-refractivity contribution in [1.29, 1.82) is 0 Å². The number of amides is 1. The third-order valence-electron chi connectivity index (χ3n) is 8.55. The highest BCUT2D eigenvalue weighted by molar-refractivity contribution is 5.78. The molecule has 0 aliphatic carbocycles. The van der Waals surface area contributed by atoms with Crippen LogP contribution in [0.4, 0.5) is 4.79 Å². The van der Waals surface area contributed by atoms with E-state index in [-0.39, 0.29) is 24.3 Å². The lowest BCUT2D eigenvalue weighted by Crippen LogP contribution is -2.39.